The summed E-state index contributed by atoms with van der Waals surface area (Å²) in [5, 5.41) is 9.51. The highest BCUT2D eigenvalue weighted by Gasteiger charge is 2.15. The Bertz CT molecular complexity index is 1660. The van der Waals surface area contributed by atoms with Crippen molar-refractivity contribution in [1.29, 1.82) is 0 Å². The van der Waals surface area contributed by atoms with E-state index in [1.54, 1.807) is 18.6 Å². The summed E-state index contributed by atoms with van der Waals surface area (Å²) in [6.45, 7) is 1.43. The minimum Gasteiger partial charge on any atom is -0.491 e. The van der Waals surface area contributed by atoms with Crippen molar-refractivity contribution in [3.8, 4) is 39.4 Å². The fourth-order valence-corrected chi connectivity index (χ4v) is 4.21. The third kappa shape index (κ3) is 4.16. The van der Waals surface area contributed by atoms with Crippen molar-refractivity contribution < 1.29 is 4.74 Å². The van der Waals surface area contributed by atoms with Gasteiger partial charge < -0.3 is 14.6 Å². The Balaban J connectivity index is 1.38. The molecule has 0 aliphatic heterocycles. The summed E-state index contributed by atoms with van der Waals surface area (Å²) >= 11 is 0. The predicted octanol–water partition coefficient (Wildman–Crippen LogP) is 4.57. The second-order valence-corrected chi connectivity index (χ2v) is 8.79. The van der Waals surface area contributed by atoms with E-state index >= 15 is 0 Å². The van der Waals surface area contributed by atoms with Crippen molar-refractivity contribution in [3.05, 3.63) is 73.6 Å². The van der Waals surface area contributed by atoms with Crippen molar-refractivity contribution in [3.63, 3.8) is 0 Å². The lowest BCUT2D eigenvalue weighted by Crippen LogP contribution is -2.19. The first-order valence-electron chi connectivity index (χ1n) is 11.6. The molecule has 0 saturated carbocycles. The van der Waals surface area contributed by atoms with Crippen molar-refractivity contribution in [1.82, 2.24) is 40.0 Å². The second kappa shape index (κ2) is 9.20. The van der Waals surface area contributed by atoms with Gasteiger partial charge in [0.05, 0.1) is 17.6 Å². The van der Waals surface area contributed by atoms with Crippen LogP contribution < -0.4 is 4.74 Å². The minimum absolute atomic E-state index is 0.594. The van der Waals surface area contributed by atoms with Gasteiger partial charge in [0, 0.05) is 59.4 Å². The maximum Gasteiger partial charge on any atom is 0.181 e. The molecule has 6 aromatic rings. The molecular weight excluding hydrogens is 452 g/mol. The summed E-state index contributed by atoms with van der Waals surface area (Å²) in [4.78, 5) is 23.1. The van der Waals surface area contributed by atoms with Crippen LogP contribution in [0.25, 0.3) is 55.7 Å². The Morgan fingerprint density at radius 1 is 0.833 bits per heavy atom. The number of aromatic nitrogens is 7. The molecule has 36 heavy (non-hydrogen) atoms. The number of hydrogen-bond donors (Lipinski definition) is 2. The van der Waals surface area contributed by atoms with Gasteiger partial charge in [-0.15, -0.1) is 0 Å². The Morgan fingerprint density at radius 2 is 1.69 bits per heavy atom. The second-order valence-electron chi connectivity index (χ2n) is 8.79. The molecule has 6 aromatic heterocycles. The Hall–Kier alpha value is -4.63. The molecule has 0 aromatic carbocycles. The summed E-state index contributed by atoms with van der Waals surface area (Å²) < 4.78 is 5.87. The van der Waals surface area contributed by atoms with E-state index in [1.165, 1.54) is 0 Å². The Kier molecular flexibility index (Phi) is 5.59. The van der Waals surface area contributed by atoms with Gasteiger partial charge in [0.15, 0.2) is 5.65 Å². The lowest BCUT2D eigenvalue weighted by molar-refractivity contribution is 0.261. The van der Waals surface area contributed by atoms with E-state index in [4.69, 9.17) is 4.74 Å². The largest absolute Gasteiger partial charge is 0.491 e. The van der Waals surface area contributed by atoms with Crippen molar-refractivity contribution in [2.75, 3.05) is 27.2 Å². The zero-order chi connectivity index (χ0) is 24.5. The Morgan fingerprint density at radius 3 is 2.56 bits per heavy atom. The maximum absolute atomic E-state index is 5.87. The average Bonchev–Trinajstić information content (AvgIpc) is 3.53. The summed E-state index contributed by atoms with van der Waals surface area (Å²) in [7, 11) is 4.04. The number of ether oxygens (including phenoxy) is 1. The maximum atomic E-state index is 5.87. The first kappa shape index (κ1) is 21.9. The van der Waals surface area contributed by atoms with E-state index in [0.29, 0.717) is 12.3 Å². The quantitative estimate of drug-likeness (QED) is 0.348. The molecule has 178 valence electrons. The van der Waals surface area contributed by atoms with Crippen LogP contribution in [0.5, 0.6) is 5.75 Å². The molecule has 0 saturated heterocycles. The molecule has 0 aliphatic rings. The van der Waals surface area contributed by atoms with Crippen LogP contribution in [-0.2, 0) is 0 Å². The topological polar surface area (TPSA) is 108 Å². The highest BCUT2D eigenvalue weighted by molar-refractivity contribution is 5.99. The highest BCUT2D eigenvalue weighted by atomic mass is 16.5. The van der Waals surface area contributed by atoms with Crippen LogP contribution in [0.2, 0.25) is 0 Å². The van der Waals surface area contributed by atoms with Gasteiger partial charge in [-0.2, -0.15) is 5.10 Å². The molecule has 0 unspecified atom stereocenters. The zero-order valence-electron chi connectivity index (χ0n) is 19.9. The monoisotopic (exact) mass is 476 g/mol. The molecule has 0 atom stereocenters. The van der Waals surface area contributed by atoms with Crippen molar-refractivity contribution in [2.45, 2.75) is 0 Å². The van der Waals surface area contributed by atoms with Crippen LogP contribution >= 0.6 is 0 Å². The van der Waals surface area contributed by atoms with Crippen LogP contribution in [0.1, 0.15) is 0 Å². The minimum atomic E-state index is 0.594. The lowest BCUT2D eigenvalue weighted by Gasteiger charge is -2.11. The molecule has 0 amide bonds. The number of pyridine rings is 4. The van der Waals surface area contributed by atoms with E-state index in [1.807, 2.05) is 57.0 Å². The first-order chi connectivity index (χ1) is 17.7. The van der Waals surface area contributed by atoms with E-state index in [-0.39, 0.29) is 0 Å². The summed E-state index contributed by atoms with van der Waals surface area (Å²) in [6, 6.07) is 12.2. The molecule has 2 N–H and O–H groups in total. The van der Waals surface area contributed by atoms with Gasteiger partial charge in [-0.1, -0.05) is 0 Å². The molecule has 9 heteroatoms. The molecule has 6 rings (SSSR count). The van der Waals surface area contributed by atoms with Crippen LogP contribution in [-0.4, -0.2) is 67.3 Å². The van der Waals surface area contributed by atoms with Crippen LogP contribution in [0.4, 0.5) is 0 Å². The normalized spacial score (nSPS) is 11.5. The summed E-state index contributed by atoms with van der Waals surface area (Å²) in [6.07, 6.45) is 10.7. The lowest BCUT2D eigenvalue weighted by atomic mass is 10.0. The number of H-pyrrole nitrogens is 2. The molecule has 0 spiro atoms. The fraction of sp³-hybridized carbons (Fsp3) is 0.148. The number of nitrogens with zero attached hydrogens (tertiary/aromatic N) is 6. The molecule has 0 aliphatic carbocycles. The van der Waals surface area contributed by atoms with E-state index < -0.39 is 0 Å². The van der Waals surface area contributed by atoms with Crippen LogP contribution in [0.3, 0.4) is 0 Å². The molecule has 9 nitrogen and oxygen atoms in total. The van der Waals surface area contributed by atoms with Gasteiger partial charge in [-0.05, 0) is 61.6 Å². The molecular formula is C27H24N8O. The van der Waals surface area contributed by atoms with E-state index in [0.717, 1.165) is 62.4 Å². The van der Waals surface area contributed by atoms with Gasteiger partial charge >= 0.3 is 0 Å². The van der Waals surface area contributed by atoms with Gasteiger partial charge in [-0.25, -0.2) is 9.97 Å². The molecule has 0 radical (unpaired) electrons. The standard InChI is InChI=1S/C27H24N8O/c1-35(2)9-10-36-20-11-18(14-29-16-20)19-12-23-25(33-34-27(23)31-15-19)24-13-22-21(5-8-30-26(22)32-24)17-3-6-28-7-4-17/h3-8,11-16H,9-10H2,1-2H3,(H,30,32)(H,31,33,34). The molecule has 6 heterocycles. The van der Waals surface area contributed by atoms with Crippen molar-refractivity contribution in [2.24, 2.45) is 0 Å². The molecule has 0 bridgehead atoms. The van der Waals surface area contributed by atoms with Gasteiger partial charge in [0.25, 0.3) is 0 Å². The first-order valence-corrected chi connectivity index (χ1v) is 11.6. The third-order valence-electron chi connectivity index (χ3n) is 6.06. The van der Waals surface area contributed by atoms with Gasteiger partial charge in [-0.3, -0.25) is 15.1 Å². The average molecular weight is 477 g/mol. The SMILES string of the molecule is CN(C)CCOc1cncc(-c2cnc3n[nH]c(-c4cc5c(-c6ccncc6)ccnc5[nH]4)c3c2)c1. The third-order valence-corrected chi connectivity index (χ3v) is 6.06. The van der Waals surface area contributed by atoms with Crippen LogP contribution in [0, 0.1) is 0 Å². The fourth-order valence-electron chi connectivity index (χ4n) is 4.21. The summed E-state index contributed by atoms with van der Waals surface area (Å²) in [5.74, 6) is 0.729. The number of fused-ring (bicyclic) bond motifs is 2. The van der Waals surface area contributed by atoms with Crippen molar-refractivity contribution >= 4 is 22.1 Å². The Labute approximate surface area is 207 Å². The number of rotatable bonds is 7. The number of aromatic amines is 2. The van der Waals surface area contributed by atoms with Gasteiger partial charge in [0.1, 0.15) is 18.0 Å². The summed E-state index contributed by atoms with van der Waals surface area (Å²) in [5.41, 5.74) is 7.22. The highest BCUT2D eigenvalue weighted by Crippen LogP contribution is 2.34. The number of likely N-dealkylation sites (N-methyl/N-ethyl adjacent to an activating group) is 1. The van der Waals surface area contributed by atoms with E-state index in [9.17, 15) is 0 Å². The smallest absolute Gasteiger partial charge is 0.181 e. The van der Waals surface area contributed by atoms with Gasteiger partial charge in [0.2, 0.25) is 0 Å². The number of hydrogen-bond acceptors (Lipinski definition) is 7. The van der Waals surface area contributed by atoms with E-state index in [2.05, 4.69) is 52.1 Å². The molecule has 0 fully saturated rings. The zero-order valence-corrected chi connectivity index (χ0v) is 19.9. The van der Waals surface area contributed by atoms with Crippen LogP contribution in [0.15, 0.2) is 73.6 Å². The number of nitrogens with one attached hydrogen (secondary N) is 2. The predicted molar refractivity (Wildman–Crippen MR) is 139 cm³/mol.